The van der Waals surface area contributed by atoms with Crippen LogP contribution in [0, 0.1) is 0 Å². The van der Waals surface area contributed by atoms with Crippen LogP contribution in [0.15, 0.2) is 36.4 Å². The number of benzene rings is 2. The van der Waals surface area contributed by atoms with E-state index in [-0.39, 0.29) is 6.42 Å². The van der Waals surface area contributed by atoms with Crippen molar-refractivity contribution in [3.63, 3.8) is 0 Å². The number of hydrogen-bond donors (Lipinski definition) is 2. The number of ether oxygens (including phenoxy) is 2. The summed E-state index contributed by atoms with van der Waals surface area (Å²) in [6, 6.07) is 9.57. The molecule has 0 bridgehead atoms. The van der Waals surface area contributed by atoms with Crippen molar-refractivity contribution in [3.8, 4) is 11.5 Å². The normalized spacial score (nSPS) is 10.1. The zero-order valence-corrected chi connectivity index (χ0v) is 15.1. The van der Waals surface area contributed by atoms with E-state index in [2.05, 4.69) is 10.6 Å². The molecule has 25 heavy (non-hydrogen) atoms. The topological polar surface area (TPSA) is 76.7 Å². The van der Waals surface area contributed by atoms with E-state index in [0.29, 0.717) is 32.9 Å². The minimum Gasteiger partial charge on any atom is -0.497 e. The van der Waals surface area contributed by atoms with Crippen LogP contribution in [0.25, 0.3) is 0 Å². The maximum Gasteiger partial charge on any atom is 0.233 e. The van der Waals surface area contributed by atoms with Crippen molar-refractivity contribution in [3.05, 3.63) is 46.4 Å². The van der Waals surface area contributed by atoms with Gasteiger partial charge in [0.15, 0.2) is 0 Å². The summed E-state index contributed by atoms with van der Waals surface area (Å²) in [4.78, 5) is 24.1. The molecule has 0 saturated carbocycles. The van der Waals surface area contributed by atoms with E-state index in [9.17, 15) is 9.59 Å². The van der Waals surface area contributed by atoms with Gasteiger partial charge < -0.3 is 20.1 Å². The van der Waals surface area contributed by atoms with Crippen molar-refractivity contribution in [2.45, 2.75) is 6.42 Å². The van der Waals surface area contributed by atoms with Crippen molar-refractivity contribution in [2.75, 3.05) is 24.9 Å². The lowest BCUT2D eigenvalue weighted by atomic mass is 10.2. The van der Waals surface area contributed by atoms with Gasteiger partial charge in [-0.1, -0.05) is 23.2 Å². The van der Waals surface area contributed by atoms with Crippen molar-refractivity contribution in [1.82, 2.24) is 0 Å². The second-order valence-electron chi connectivity index (χ2n) is 5.00. The van der Waals surface area contributed by atoms with Gasteiger partial charge in [0.2, 0.25) is 11.8 Å². The van der Waals surface area contributed by atoms with Gasteiger partial charge in [0.25, 0.3) is 0 Å². The molecule has 0 aliphatic rings. The number of nitrogens with one attached hydrogen (secondary N) is 2. The van der Waals surface area contributed by atoms with Crippen LogP contribution in [-0.4, -0.2) is 26.0 Å². The molecule has 0 aromatic heterocycles. The molecule has 0 spiro atoms. The van der Waals surface area contributed by atoms with Gasteiger partial charge in [0, 0.05) is 21.8 Å². The summed E-state index contributed by atoms with van der Waals surface area (Å²) >= 11 is 11.7. The van der Waals surface area contributed by atoms with Gasteiger partial charge in [-0.2, -0.15) is 0 Å². The van der Waals surface area contributed by atoms with E-state index >= 15 is 0 Å². The molecule has 8 heteroatoms. The average Bonchev–Trinajstić information content (AvgIpc) is 2.53. The lowest BCUT2D eigenvalue weighted by Crippen LogP contribution is -2.21. The summed E-state index contributed by atoms with van der Waals surface area (Å²) in [7, 11) is 2.99. The first kappa shape index (κ1) is 18.9. The summed E-state index contributed by atoms with van der Waals surface area (Å²) < 4.78 is 10.3. The Morgan fingerprint density at radius 1 is 0.920 bits per heavy atom. The Hall–Kier alpha value is -2.44. The molecule has 0 fully saturated rings. The highest BCUT2D eigenvalue weighted by Crippen LogP contribution is 2.29. The number of carbonyl (C=O) groups is 2. The number of carbonyl (C=O) groups excluding carboxylic acids is 2. The SMILES string of the molecule is COc1ccc(OC)c(NC(=O)CC(=O)Nc2cc(Cl)cc(Cl)c2)c1. The van der Waals surface area contributed by atoms with Gasteiger partial charge in [-0.05, 0) is 30.3 Å². The highest BCUT2D eigenvalue weighted by molar-refractivity contribution is 6.35. The summed E-state index contributed by atoms with van der Waals surface area (Å²) in [6.07, 6.45) is -0.384. The Kier molecular flexibility index (Phi) is 6.50. The second-order valence-corrected chi connectivity index (χ2v) is 5.87. The van der Waals surface area contributed by atoms with Crippen LogP contribution in [0.1, 0.15) is 6.42 Å². The maximum atomic E-state index is 12.1. The Balaban J connectivity index is 2.01. The number of anilines is 2. The third-order valence-corrected chi connectivity index (χ3v) is 3.58. The second kappa shape index (κ2) is 8.60. The molecular formula is C17H16Cl2N2O4. The van der Waals surface area contributed by atoms with Crippen LogP contribution in [0.3, 0.4) is 0 Å². The number of hydrogen-bond acceptors (Lipinski definition) is 4. The Morgan fingerprint density at radius 2 is 1.56 bits per heavy atom. The van der Waals surface area contributed by atoms with Crippen LogP contribution in [-0.2, 0) is 9.59 Å². The smallest absolute Gasteiger partial charge is 0.233 e. The van der Waals surface area contributed by atoms with Crippen LogP contribution < -0.4 is 20.1 Å². The summed E-state index contributed by atoms with van der Waals surface area (Å²) in [5.41, 5.74) is 0.819. The predicted molar refractivity (Wildman–Crippen MR) is 97.9 cm³/mol. The molecule has 0 radical (unpaired) electrons. The zero-order chi connectivity index (χ0) is 18.4. The Morgan fingerprint density at radius 3 is 2.16 bits per heavy atom. The maximum absolute atomic E-state index is 12.1. The van der Waals surface area contributed by atoms with Crippen LogP contribution in [0.5, 0.6) is 11.5 Å². The van der Waals surface area contributed by atoms with Crippen molar-refractivity contribution < 1.29 is 19.1 Å². The Labute approximate surface area is 155 Å². The largest absolute Gasteiger partial charge is 0.497 e. The first-order valence-corrected chi connectivity index (χ1v) is 7.94. The van der Waals surface area contributed by atoms with Crippen LogP contribution in [0.2, 0.25) is 10.0 Å². The third kappa shape index (κ3) is 5.55. The third-order valence-electron chi connectivity index (χ3n) is 3.15. The standard InChI is InChI=1S/C17H16Cl2N2O4/c1-24-13-3-4-15(25-2)14(8-13)21-17(23)9-16(22)20-12-6-10(18)5-11(19)7-12/h3-8H,9H2,1-2H3,(H,20,22)(H,21,23). The highest BCUT2D eigenvalue weighted by atomic mass is 35.5. The van der Waals surface area contributed by atoms with E-state index in [1.165, 1.54) is 26.4 Å². The number of rotatable bonds is 6. The fourth-order valence-corrected chi connectivity index (χ4v) is 2.61. The van der Waals surface area contributed by atoms with Gasteiger partial charge in [0.1, 0.15) is 17.9 Å². The molecule has 0 atom stereocenters. The van der Waals surface area contributed by atoms with E-state index in [1.54, 1.807) is 24.3 Å². The molecule has 0 heterocycles. The molecule has 6 nitrogen and oxygen atoms in total. The summed E-state index contributed by atoms with van der Waals surface area (Å²) in [6.45, 7) is 0. The average molecular weight is 383 g/mol. The minimum atomic E-state index is -0.503. The molecule has 132 valence electrons. The molecule has 0 aliphatic heterocycles. The number of amides is 2. The predicted octanol–water partition coefficient (Wildman–Crippen LogP) is 3.98. The number of methoxy groups -OCH3 is 2. The quantitative estimate of drug-likeness (QED) is 0.740. The molecule has 0 unspecified atom stereocenters. The number of halogens is 2. The fourth-order valence-electron chi connectivity index (χ4n) is 2.08. The lowest BCUT2D eigenvalue weighted by molar-refractivity contribution is -0.123. The van der Waals surface area contributed by atoms with Gasteiger partial charge in [-0.25, -0.2) is 0 Å². The van der Waals surface area contributed by atoms with E-state index in [4.69, 9.17) is 32.7 Å². The molecular weight excluding hydrogens is 367 g/mol. The molecule has 2 aromatic carbocycles. The first-order chi connectivity index (χ1) is 11.9. The van der Waals surface area contributed by atoms with Crippen molar-refractivity contribution in [1.29, 1.82) is 0 Å². The van der Waals surface area contributed by atoms with Crippen molar-refractivity contribution >= 4 is 46.4 Å². The lowest BCUT2D eigenvalue weighted by Gasteiger charge is -2.12. The molecule has 0 saturated heterocycles. The van der Waals surface area contributed by atoms with Gasteiger partial charge in [0.05, 0.1) is 19.9 Å². The van der Waals surface area contributed by atoms with Gasteiger partial charge in [-0.3, -0.25) is 9.59 Å². The van der Waals surface area contributed by atoms with Crippen molar-refractivity contribution in [2.24, 2.45) is 0 Å². The van der Waals surface area contributed by atoms with E-state index < -0.39 is 11.8 Å². The van der Waals surface area contributed by atoms with Crippen LogP contribution in [0.4, 0.5) is 11.4 Å². The first-order valence-electron chi connectivity index (χ1n) is 7.19. The molecule has 2 aromatic rings. The highest BCUT2D eigenvalue weighted by Gasteiger charge is 2.13. The molecule has 2 rings (SSSR count). The fraction of sp³-hybridized carbons (Fsp3) is 0.176. The van der Waals surface area contributed by atoms with E-state index in [0.717, 1.165) is 0 Å². The van der Waals surface area contributed by atoms with Crippen LogP contribution >= 0.6 is 23.2 Å². The van der Waals surface area contributed by atoms with Gasteiger partial charge >= 0.3 is 0 Å². The van der Waals surface area contributed by atoms with Gasteiger partial charge in [-0.15, -0.1) is 0 Å². The Bertz CT molecular complexity index is 776. The summed E-state index contributed by atoms with van der Waals surface area (Å²) in [5.74, 6) is 0.000163. The molecule has 2 N–H and O–H groups in total. The van der Waals surface area contributed by atoms with E-state index in [1.807, 2.05) is 0 Å². The summed E-state index contributed by atoms with van der Waals surface area (Å²) in [5, 5.41) is 5.95. The molecule has 0 aliphatic carbocycles. The zero-order valence-electron chi connectivity index (χ0n) is 13.6. The minimum absolute atomic E-state index is 0.383. The monoisotopic (exact) mass is 382 g/mol. The molecule has 2 amide bonds.